The summed E-state index contributed by atoms with van der Waals surface area (Å²) in [7, 11) is 1.59. The molecule has 2 amide bonds. The molecule has 3 heterocycles. The van der Waals surface area contributed by atoms with Crippen molar-refractivity contribution >= 4 is 56.8 Å². The van der Waals surface area contributed by atoms with Crippen molar-refractivity contribution in [1.29, 1.82) is 0 Å². The molecule has 4 aromatic carbocycles. The van der Waals surface area contributed by atoms with Gasteiger partial charge in [-0.15, -0.1) is 0 Å². The Morgan fingerprint density at radius 3 is 2.40 bits per heavy atom. The van der Waals surface area contributed by atoms with Crippen LogP contribution in [0.5, 0.6) is 5.75 Å². The van der Waals surface area contributed by atoms with Crippen LogP contribution < -0.4 is 24.5 Å². The standard InChI is InChI=1S/C38H33ClN4O4S/c1-5-41(6-2)35(44)30-22(3)40-38-43(33(30)31-26-12-8-7-11-24(26)17-20-29(31)47-4)37(46)34(48-38)32-27-13-9-10-14-28(27)42(36(32)45)21-23-15-18-25(39)19-16-23/h7-20,33H,5-6,21H2,1-4H3/b34-32-/t33-/m1/s1. The Bertz CT molecular complexity index is 2340. The molecule has 7 rings (SSSR count). The number of nitrogens with zero attached hydrogens (tertiary/aromatic N) is 4. The average Bonchev–Trinajstić information content (AvgIpc) is 3.56. The molecule has 2 aliphatic rings. The minimum Gasteiger partial charge on any atom is -0.496 e. The maximum Gasteiger partial charge on any atom is 0.271 e. The molecule has 0 saturated heterocycles. The summed E-state index contributed by atoms with van der Waals surface area (Å²) in [5.41, 5.74) is 3.86. The number of hydrogen-bond donors (Lipinski definition) is 0. The van der Waals surface area contributed by atoms with Crippen molar-refractivity contribution < 1.29 is 14.3 Å². The van der Waals surface area contributed by atoms with E-state index in [9.17, 15) is 14.4 Å². The van der Waals surface area contributed by atoms with Gasteiger partial charge in [-0.1, -0.05) is 83.6 Å². The van der Waals surface area contributed by atoms with Crippen LogP contribution in [0.3, 0.4) is 0 Å². The van der Waals surface area contributed by atoms with Crippen LogP contribution >= 0.6 is 22.9 Å². The summed E-state index contributed by atoms with van der Waals surface area (Å²) in [6.07, 6.45) is 0. The van der Waals surface area contributed by atoms with Crippen LogP contribution in [-0.2, 0) is 16.1 Å². The van der Waals surface area contributed by atoms with E-state index in [2.05, 4.69) is 0 Å². The quantitative estimate of drug-likeness (QED) is 0.217. The molecule has 0 saturated carbocycles. The molecule has 0 spiro atoms. The Morgan fingerprint density at radius 1 is 0.958 bits per heavy atom. The lowest BCUT2D eigenvalue weighted by Gasteiger charge is -2.30. The summed E-state index contributed by atoms with van der Waals surface area (Å²) in [6.45, 7) is 6.98. The third kappa shape index (κ3) is 5.05. The van der Waals surface area contributed by atoms with Gasteiger partial charge in [0.15, 0.2) is 4.80 Å². The maximum atomic E-state index is 14.9. The lowest BCUT2D eigenvalue weighted by Crippen LogP contribution is -2.43. The second-order valence-corrected chi connectivity index (χ2v) is 13.1. The number of benzene rings is 4. The van der Waals surface area contributed by atoms with Crippen LogP contribution in [0, 0.1) is 0 Å². The number of ether oxygens (including phenoxy) is 1. The molecule has 242 valence electrons. The van der Waals surface area contributed by atoms with Gasteiger partial charge in [-0.05, 0) is 61.4 Å². The lowest BCUT2D eigenvalue weighted by molar-refractivity contribution is -0.127. The minimum absolute atomic E-state index is 0.199. The van der Waals surface area contributed by atoms with Crippen molar-refractivity contribution in [2.75, 3.05) is 25.1 Å². The Balaban J connectivity index is 1.51. The van der Waals surface area contributed by atoms with Crippen LogP contribution in [0.2, 0.25) is 5.02 Å². The highest BCUT2D eigenvalue weighted by Gasteiger charge is 2.39. The van der Waals surface area contributed by atoms with E-state index in [1.807, 2.05) is 93.6 Å². The van der Waals surface area contributed by atoms with Crippen LogP contribution in [0.1, 0.15) is 43.5 Å². The SMILES string of the molecule is CCN(CC)C(=O)C1=C(C)N=c2s/c(=C3\C(=O)N(Cc4ccc(Cl)cc4)c4ccccc43)c(=O)n2[C@H]1c1c(OC)ccc2ccccc12. The third-order valence-electron chi connectivity index (χ3n) is 9.11. The van der Waals surface area contributed by atoms with E-state index >= 15 is 0 Å². The number of allylic oxidation sites excluding steroid dienone is 1. The van der Waals surface area contributed by atoms with Gasteiger partial charge in [0, 0.05) is 29.2 Å². The van der Waals surface area contributed by atoms with E-state index in [1.54, 1.807) is 33.6 Å². The van der Waals surface area contributed by atoms with Crippen molar-refractivity contribution in [2.24, 2.45) is 4.99 Å². The van der Waals surface area contributed by atoms with E-state index < -0.39 is 6.04 Å². The minimum atomic E-state index is -0.846. The molecule has 0 unspecified atom stereocenters. The lowest BCUT2D eigenvalue weighted by atomic mass is 9.90. The number of thiazole rings is 1. The van der Waals surface area contributed by atoms with E-state index in [0.717, 1.165) is 22.0 Å². The highest BCUT2D eigenvalue weighted by atomic mass is 35.5. The van der Waals surface area contributed by atoms with Crippen molar-refractivity contribution in [1.82, 2.24) is 9.47 Å². The predicted octanol–water partition coefficient (Wildman–Crippen LogP) is 5.84. The second-order valence-electron chi connectivity index (χ2n) is 11.7. The number of rotatable bonds is 7. The molecule has 1 aromatic heterocycles. The topological polar surface area (TPSA) is 84.2 Å². The van der Waals surface area contributed by atoms with Crippen molar-refractivity contribution in [3.05, 3.63) is 138 Å². The van der Waals surface area contributed by atoms with Gasteiger partial charge in [0.05, 0.1) is 36.2 Å². The Labute approximate surface area is 286 Å². The van der Waals surface area contributed by atoms with Crippen molar-refractivity contribution in [3.63, 3.8) is 0 Å². The van der Waals surface area contributed by atoms with Crippen LogP contribution in [0.4, 0.5) is 5.69 Å². The van der Waals surface area contributed by atoms with E-state index in [4.69, 9.17) is 21.3 Å². The number of methoxy groups -OCH3 is 1. The van der Waals surface area contributed by atoms with Crippen molar-refractivity contribution in [3.8, 4) is 5.75 Å². The Hall–Kier alpha value is -4.99. The number of para-hydroxylation sites is 1. The summed E-state index contributed by atoms with van der Waals surface area (Å²) in [5.74, 6) is 0.0782. The van der Waals surface area contributed by atoms with Crippen LogP contribution in [0.15, 0.2) is 106 Å². The van der Waals surface area contributed by atoms with E-state index in [-0.39, 0.29) is 21.9 Å². The largest absolute Gasteiger partial charge is 0.496 e. The maximum absolute atomic E-state index is 14.9. The monoisotopic (exact) mass is 676 g/mol. The molecule has 2 aliphatic heterocycles. The summed E-state index contributed by atoms with van der Waals surface area (Å²) >= 11 is 7.30. The summed E-state index contributed by atoms with van der Waals surface area (Å²) < 4.78 is 7.78. The molecule has 1 atom stereocenters. The first-order valence-electron chi connectivity index (χ1n) is 15.8. The number of aromatic nitrogens is 1. The fourth-order valence-corrected chi connectivity index (χ4v) is 8.03. The average molecular weight is 677 g/mol. The zero-order chi connectivity index (χ0) is 33.7. The molecular weight excluding hydrogens is 644 g/mol. The first-order chi connectivity index (χ1) is 23.3. The fraction of sp³-hybridized carbons (Fsp3) is 0.211. The Kier molecular flexibility index (Phi) is 8.27. The number of halogens is 1. The van der Waals surface area contributed by atoms with E-state index in [0.29, 0.717) is 63.2 Å². The van der Waals surface area contributed by atoms with Crippen molar-refractivity contribution in [2.45, 2.75) is 33.4 Å². The van der Waals surface area contributed by atoms with Gasteiger partial charge >= 0.3 is 0 Å². The molecule has 0 aliphatic carbocycles. The number of fused-ring (bicyclic) bond motifs is 3. The molecule has 0 fully saturated rings. The summed E-state index contributed by atoms with van der Waals surface area (Å²) in [5, 5.41) is 2.41. The zero-order valence-electron chi connectivity index (χ0n) is 27.0. The zero-order valence-corrected chi connectivity index (χ0v) is 28.6. The number of carbonyl (C=O) groups excluding carboxylic acids is 2. The van der Waals surface area contributed by atoms with Crippen LogP contribution in [0.25, 0.3) is 16.3 Å². The van der Waals surface area contributed by atoms with Gasteiger partial charge < -0.3 is 14.5 Å². The highest BCUT2D eigenvalue weighted by Crippen LogP contribution is 2.41. The van der Waals surface area contributed by atoms with Gasteiger partial charge in [-0.2, -0.15) is 0 Å². The van der Waals surface area contributed by atoms with Crippen LogP contribution in [-0.4, -0.2) is 41.5 Å². The number of carbonyl (C=O) groups is 2. The van der Waals surface area contributed by atoms with E-state index in [1.165, 1.54) is 11.3 Å². The normalized spacial score (nSPS) is 16.6. The molecule has 0 radical (unpaired) electrons. The van der Waals surface area contributed by atoms with Gasteiger partial charge in [-0.3, -0.25) is 19.0 Å². The molecule has 8 nitrogen and oxygen atoms in total. The molecular formula is C38H33ClN4O4S. The third-order valence-corrected chi connectivity index (χ3v) is 10.4. The summed E-state index contributed by atoms with van der Waals surface area (Å²) in [6, 6.07) is 25.7. The Morgan fingerprint density at radius 2 is 1.67 bits per heavy atom. The second kappa shape index (κ2) is 12.6. The molecule has 10 heteroatoms. The molecule has 5 aromatic rings. The summed E-state index contributed by atoms with van der Waals surface area (Å²) in [4.78, 5) is 52.2. The van der Waals surface area contributed by atoms with Gasteiger partial charge in [0.1, 0.15) is 16.3 Å². The molecule has 0 N–H and O–H groups in total. The molecule has 48 heavy (non-hydrogen) atoms. The number of amides is 2. The number of likely N-dealkylation sites (N-methyl/N-ethyl adjacent to an activating group) is 1. The predicted molar refractivity (Wildman–Crippen MR) is 190 cm³/mol. The number of anilines is 1. The smallest absolute Gasteiger partial charge is 0.271 e. The van der Waals surface area contributed by atoms with Gasteiger partial charge in [-0.25, -0.2) is 4.99 Å². The number of hydrogen-bond acceptors (Lipinski definition) is 6. The first kappa shape index (κ1) is 31.6. The molecule has 0 bridgehead atoms. The fourth-order valence-electron chi connectivity index (χ4n) is 6.76. The van der Waals surface area contributed by atoms with Gasteiger partial charge in [0.2, 0.25) is 0 Å². The van der Waals surface area contributed by atoms with Gasteiger partial charge in [0.25, 0.3) is 17.4 Å². The first-order valence-corrected chi connectivity index (χ1v) is 17.0. The highest BCUT2D eigenvalue weighted by molar-refractivity contribution is 7.07.